The molecule has 1 heterocycles. The number of rotatable bonds is 6. The fraction of sp³-hybridized carbons (Fsp3) is 1.00. The summed E-state index contributed by atoms with van der Waals surface area (Å²) in [5.41, 5.74) is 0. The van der Waals surface area contributed by atoms with E-state index in [1.165, 1.54) is 44.8 Å². The highest BCUT2D eigenvalue weighted by atomic mass is 32.2. The molecule has 1 aliphatic heterocycles. The van der Waals surface area contributed by atoms with Crippen LogP contribution >= 0.6 is 0 Å². The summed E-state index contributed by atoms with van der Waals surface area (Å²) in [5.74, 6) is 1.38. The topological polar surface area (TPSA) is 49.4 Å². The molecule has 0 aromatic carbocycles. The molecule has 2 rings (SSSR count). The van der Waals surface area contributed by atoms with Crippen molar-refractivity contribution in [2.24, 2.45) is 11.8 Å². The molecule has 4 nitrogen and oxygen atoms in total. The van der Waals surface area contributed by atoms with Gasteiger partial charge >= 0.3 is 0 Å². The van der Waals surface area contributed by atoms with Crippen molar-refractivity contribution in [2.75, 3.05) is 25.9 Å². The second-order valence-electron chi connectivity index (χ2n) is 6.70. The molecule has 1 aliphatic carbocycles. The normalized spacial score (nSPS) is 32.6. The highest BCUT2D eigenvalue weighted by Crippen LogP contribution is 2.34. The third kappa shape index (κ3) is 4.71. The summed E-state index contributed by atoms with van der Waals surface area (Å²) < 4.78 is 25.0. The molecule has 0 spiro atoms. The Hall–Kier alpha value is -0.130. The van der Waals surface area contributed by atoms with E-state index >= 15 is 0 Å². The molecule has 20 heavy (non-hydrogen) atoms. The van der Waals surface area contributed by atoms with Crippen LogP contribution in [-0.2, 0) is 10.0 Å². The van der Waals surface area contributed by atoms with Gasteiger partial charge in [0.15, 0.2) is 0 Å². The van der Waals surface area contributed by atoms with E-state index in [0.717, 1.165) is 32.0 Å². The molecule has 2 aliphatic rings. The molecule has 3 atom stereocenters. The van der Waals surface area contributed by atoms with Crippen LogP contribution in [0.25, 0.3) is 0 Å². The molecule has 1 saturated heterocycles. The van der Waals surface area contributed by atoms with Gasteiger partial charge in [-0.3, -0.25) is 0 Å². The van der Waals surface area contributed by atoms with E-state index in [4.69, 9.17) is 0 Å². The van der Waals surface area contributed by atoms with Crippen molar-refractivity contribution in [2.45, 2.75) is 57.9 Å². The van der Waals surface area contributed by atoms with Crippen LogP contribution in [0.2, 0.25) is 0 Å². The van der Waals surface area contributed by atoms with Crippen LogP contribution in [0.1, 0.15) is 51.9 Å². The van der Waals surface area contributed by atoms with E-state index in [2.05, 4.69) is 12.2 Å². The standard InChI is InChI=1S/C15H30N2O2S/c1-3-8-16-15-7-6-13(11-15)10-14-5-4-9-17(12-14)20(2,18)19/h13-16H,3-12H2,1-2H3. The van der Waals surface area contributed by atoms with Gasteiger partial charge in [-0.05, 0) is 63.3 Å². The lowest BCUT2D eigenvalue weighted by atomic mass is 9.88. The summed E-state index contributed by atoms with van der Waals surface area (Å²) in [4.78, 5) is 0. The predicted molar refractivity (Wildman–Crippen MR) is 83.2 cm³/mol. The summed E-state index contributed by atoms with van der Waals surface area (Å²) in [6, 6.07) is 0.703. The molecule has 2 fully saturated rings. The highest BCUT2D eigenvalue weighted by Gasteiger charge is 2.30. The van der Waals surface area contributed by atoms with Crippen molar-refractivity contribution in [3.63, 3.8) is 0 Å². The van der Waals surface area contributed by atoms with Gasteiger partial charge in [-0.2, -0.15) is 0 Å². The number of piperidine rings is 1. The van der Waals surface area contributed by atoms with Gasteiger partial charge < -0.3 is 5.32 Å². The fourth-order valence-corrected chi connectivity index (χ4v) is 4.76. The van der Waals surface area contributed by atoms with Gasteiger partial charge in [0.2, 0.25) is 10.0 Å². The zero-order chi connectivity index (χ0) is 14.6. The van der Waals surface area contributed by atoms with Crippen molar-refractivity contribution in [3.05, 3.63) is 0 Å². The number of hydrogen-bond donors (Lipinski definition) is 1. The Morgan fingerprint density at radius 3 is 2.70 bits per heavy atom. The lowest BCUT2D eigenvalue weighted by molar-refractivity contribution is 0.230. The molecule has 0 bridgehead atoms. The molecule has 3 unspecified atom stereocenters. The molecule has 0 radical (unpaired) electrons. The van der Waals surface area contributed by atoms with Gasteiger partial charge in [0.25, 0.3) is 0 Å². The first-order chi connectivity index (χ1) is 9.49. The van der Waals surface area contributed by atoms with Crippen LogP contribution in [-0.4, -0.2) is 44.7 Å². The minimum atomic E-state index is -2.99. The molecular weight excluding hydrogens is 272 g/mol. The van der Waals surface area contributed by atoms with Crippen molar-refractivity contribution in [3.8, 4) is 0 Å². The Kier molecular flexibility index (Phi) is 5.87. The molecule has 0 aromatic rings. The first-order valence-electron chi connectivity index (χ1n) is 8.17. The molecule has 0 aromatic heterocycles. The quantitative estimate of drug-likeness (QED) is 0.818. The van der Waals surface area contributed by atoms with E-state index in [9.17, 15) is 8.42 Å². The molecule has 5 heteroatoms. The molecule has 118 valence electrons. The summed E-state index contributed by atoms with van der Waals surface area (Å²) in [7, 11) is -2.99. The third-order valence-electron chi connectivity index (χ3n) is 4.84. The molecule has 1 N–H and O–H groups in total. The van der Waals surface area contributed by atoms with Gasteiger partial charge in [0.05, 0.1) is 6.26 Å². The summed E-state index contributed by atoms with van der Waals surface area (Å²) in [5, 5.41) is 3.63. The van der Waals surface area contributed by atoms with Gasteiger partial charge in [-0.25, -0.2) is 12.7 Å². The van der Waals surface area contributed by atoms with Crippen molar-refractivity contribution < 1.29 is 8.42 Å². The summed E-state index contributed by atoms with van der Waals surface area (Å²) >= 11 is 0. The lowest BCUT2D eigenvalue weighted by Gasteiger charge is -2.32. The first-order valence-corrected chi connectivity index (χ1v) is 10.0. The molecule has 0 amide bonds. The number of nitrogens with zero attached hydrogens (tertiary/aromatic N) is 1. The monoisotopic (exact) mass is 302 g/mol. The van der Waals surface area contributed by atoms with E-state index in [1.54, 1.807) is 4.31 Å². The van der Waals surface area contributed by atoms with Crippen LogP contribution in [0.4, 0.5) is 0 Å². The zero-order valence-electron chi connectivity index (χ0n) is 13.0. The summed E-state index contributed by atoms with van der Waals surface area (Å²) in [6.07, 6.45) is 9.90. The average molecular weight is 302 g/mol. The molecular formula is C15H30N2O2S. The number of sulfonamides is 1. The van der Waals surface area contributed by atoms with Crippen molar-refractivity contribution in [1.82, 2.24) is 9.62 Å². The van der Waals surface area contributed by atoms with Gasteiger partial charge in [0.1, 0.15) is 0 Å². The minimum Gasteiger partial charge on any atom is -0.314 e. The largest absolute Gasteiger partial charge is 0.314 e. The predicted octanol–water partition coefficient (Wildman–Crippen LogP) is 2.22. The Balaban J connectivity index is 1.76. The fourth-order valence-electron chi connectivity index (χ4n) is 3.81. The highest BCUT2D eigenvalue weighted by molar-refractivity contribution is 7.88. The number of nitrogens with one attached hydrogen (secondary N) is 1. The Morgan fingerprint density at radius 2 is 2.00 bits per heavy atom. The Morgan fingerprint density at radius 1 is 1.20 bits per heavy atom. The maximum Gasteiger partial charge on any atom is 0.211 e. The maximum atomic E-state index is 11.7. The van der Waals surface area contributed by atoms with Gasteiger partial charge in [0, 0.05) is 19.1 Å². The van der Waals surface area contributed by atoms with E-state index in [0.29, 0.717) is 12.0 Å². The Bertz CT molecular complexity index is 397. The van der Waals surface area contributed by atoms with E-state index in [1.807, 2.05) is 0 Å². The van der Waals surface area contributed by atoms with Gasteiger partial charge in [-0.15, -0.1) is 0 Å². The van der Waals surface area contributed by atoms with Gasteiger partial charge in [-0.1, -0.05) is 6.92 Å². The first kappa shape index (κ1) is 16.2. The van der Waals surface area contributed by atoms with Crippen LogP contribution in [0.15, 0.2) is 0 Å². The second-order valence-corrected chi connectivity index (χ2v) is 8.68. The Labute approximate surface area is 124 Å². The summed E-state index contributed by atoms with van der Waals surface area (Å²) in [6.45, 7) is 4.81. The SMILES string of the molecule is CCCNC1CCC(CC2CCCN(S(C)(=O)=O)C2)C1. The van der Waals surface area contributed by atoms with E-state index in [-0.39, 0.29) is 0 Å². The van der Waals surface area contributed by atoms with Crippen LogP contribution in [0.3, 0.4) is 0 Å². The number of hydrogen-bond acceptors (Lipinski definition) is 3. The maximum absolute atomic E-state index is 11.7. The average Bonchev–Trinajstić information content (AvgIpc) is 2.83. The van der Waals surface area contributed by atoms with Crippen molar-refractivity contribution >= 4 is 10.0 Å². The van der Waals surface area contributed by atoms with Crippen molar-refractivity contribution in [1.29, 1.82) is 0 Å². The molecule has 1 saturated carbocycles. The van der Waals surface area contributed by atoms with Crippen LogP contribution in [0, 0.1) is 11.8 Å². The van der Waals surface area contributed by atoms with E-state index < -0.39 is 10.0 Å². The van der Waals surface area contributed by atoms with Crippen LogP contribution < -0.4 is 5.32 Å². The lowest BCUT2D eigenvalue weighted by Crippen LogP contribution is -2.39. The third-order valence-corrected chi connectivity index (χ3v) is 6.11. The zero-order valence-corrected chi connectivity index (χ0v) is 13.8. The van der Waals surface area contributed by atoms with Crippen LogP contribution in [0.5, 0.6) is 0 Å². The smallest absolute Gasteiger partial charge is 0.211 e. The second kappa shape index (κ2) is 7.23. The minimum absolute atomic E-state index is 0.577.